The van der Waals surface area contributed by atoms with Crippen LogP contribution in [-0.4, -0.2) is 17.6 Å². The summed E-state index contributed by atoms with van der Waals surface area (Å²) in [6.45, 7) is 8.31. The Balaban J connectivity index is 2.51. The van der Waals surface area contributed by atoms with Crippen molar-refractivity contribution in [2.75, 3.05) is 11.9 Å². The van der Waals surface area contributed by atoms with Crippen molar-refractivity contribution in [2.45, 2.75) is 34.1 Å². The fourth-order valence-electron chi connectivity index (χ4n) is 1.48. The fourth-order valence-corrected chi connectivity index (χ4v) is 1.48. The number of anilines is 1. The van der Waals surface area contributed by atoms with Crippen LogP contribution in [-0.2, 0) is 4.79 Å². The molecule has 1 aromatic rings. The van der Waals surface area contributed by atoms with Crippen molar-refractivity contribution < 1.29 is 9.90 Å². The summed E-state index contributed by atoms with van der Waals surface area (Å²) >= 11 is 0. The molecule has 0 bridgehead atoms. The van der Waals surface area contributed by atoms with Crippen LogP contribution in [0.4, 0.5) is 5.69 Å². The minimum atomic E-state index is -0.751. The smallest absolute Gasteiger partial charge is 0.309 e. The summed E-state index contributed by atoms with van der Waals surface area (Å²) in [6.07, 6.45) is 0.606. The first-order valence-electron chi connectivity index (χ1n) is 5.87. The van der Waals surface area contributed by atoms with Crippen LogP contribution >= 0.6 is 0 Å². The van der Waals surface area contributed by atoms with Gasteiger partial charge in [-0.25, -0.2) is 0 Å². The first kappa shape index (κ1) is 13.6. The first-order valence-corrected chi connectivity index (χ1v) is 5.87. The average molecular weight is 235 g/mol. The summed E-state index contributed by atoms with van der Waals surface area (Å²) < 4.78 is 0. The lowest BCUT2D eigenvalue weighted by atomic mass is 9.89. The van der Waals surface area contributed by atoms with Crippen LogP contribution in [0.5, 0.6) is 0 Å². The normalized spacial score (nSPS) is 11.3. The molecule has 1 rings (SSSR count). The second kappa shape index (κ2) is 5.21. The minimum absolute atomic E-state index is 0.606. The lowest BCUT2D eigenvalue weighted by molar-refractivity contribution is -0.147. The van der Waals surface area contributed by atoms with Gasteiger partial charge in [0.25, 0.3) is 0 Å². The number of aryl methyl sites for hydroxylation is 2. The van der Waals surface area contributed by atoms with E-state index in [1.165, 1.54) is 11.1 Å². The molecule has 0 saturated heterocycles. The van der Waals surface area contributed by atoms with Gasteiger partial charge in [-0.3, -0.25) is 4.79 Å². The van der Waals surface area contributed by atoms with E-state index in [-0.39, 0.29) is 0 Å². The Morgan fingerprint density at radius 2 is 1.94 bits per heavy atom. The van der Waals surface area contributed by atoms with E-state index in [1.54, 1.807) is 13.8 Å². The van der Waals surface area contributed by atoms with Gasteiger partial charge in [0.1, 0.15) is 0 Å². The molecule has 3 nitrogen and oxygen atoms in total. The molecule has 0 heterocycles. The highest BCUT2D eigenvalue weighted by molar-refractivity contribution is 5.73. The molecule has 0 spiro atoms. The maximum atomic E-state index is 10.9. The molecule has 0 atom stereocenters. The SMILES string of the molecule is Cc1ccc(NCCC(C)(C)C(=O)O)cc1C. The lowest BCUT2D eigenvalue weighted by Crippen LogP contribution is -2.26. The molecule has 94 valence electrons. The van der Waals surface area contributed by atoms with Gasteiger partial charge in [-0.15, -0.1) is 0 Å². The van der Waals surface area contributed by atoms with Gasteiger partial charge in [0.2, 0.25) is 0 Å². The monoisotopic (exact) mass is 235 g/mol. The second-order valence-electron chi connectivity index (χ2n) is 5.16. The Bertz CT molecular complexity index is 411. The zero-order valence-corrected chi connectivity index (χ0v) is 11.0. The predicted molar refractivity (Wildman–Crippen MR) is 70.4 cm³/mol. The van der Waals surface area contributed by atoms with Crippen molar-refractivity contribution >= 4 is 11.7 Å². The van der Waals surface area contributed by atoms with Crippen molar-refractivity contribution in [3.05, 3.63) is 29.3 Å². The number of carbonyl (C=O) groups is 1. The molecule has 1 aromatic carbocycles. The van der Waals surface area contributed by atoms with Crippen molar-refractivity contribution in [1.82, 2.24) is 0 Å². The van der Waals surface area contributed by atoms with Crippen LogP contribution in [0.1, 0.15) is 31.4 Å². The third kappa shape index (κ3) is 3.77. The van der Waals surface area contributed by atoms with E-state index in [0.717, 1.165) is 5.69 Å². The number of carboxylic acids is 1. The van der Waals surface area contributed by atoms with E-state index >= 15 is 0 Å². The van der Waals surface area contributed by atoms with Crippen LogP contribution < -0.4 is 5.32 Å². The van der Waals surface area contributed by atoms with Gasteiger partial charge in [-0.2, -0.15) is 0 Å². The maximum Gasteiger partial charge on any atom is 0.309 e. The molecule has 0 unspecified atom stereocenters. The van der Waals surface area contributed by atoms with Crippen LogP contribution in [0, 0.1) is 19.3 Å². The van der Waals surface area contributed by atoms with E-state index in [1.807, 2.05) is 6.07 Å². The minimum Gasteiger partial charge on any atom is -0.481 e. The quantitative estimate of drug-likeness (QED) is 0.823. The summed E-state index contributed by atoms with van der Waals surface area (Å²) in [6, 6.07) is 6.18. The van der Waals surface area contributed by atoms with Crippen LogP contribution in [0.25, 0.3) is 0 Å². The van der Waals surface area contributed by atoms with Crippen molar-refractivity contribution in [3.8, 4) is 0 Å². The van der Waals surface area contributed by atoms with Gasteiger partial charge in [-0.05, 0) is 57.4 Å². The summed E-state index contributed by atoms with van der Waals surface area (Å²) in [4.78, 5) is 10.9. The van der Waals surface area contributed by atoms with Gasteiger partial charge >= 0.3 is 5.97 Å². The number of hydrogen-bond acceptors (Lipinski definition) is 2. The van der Waals surface area contributed by atoms with Crippen molar-refractivity contribution in [1.29, 1.82) is 0 Å². The molecule has 0 aliphatic carbocycles. The summed E-state index contributed by atoms with van der Waals surface area (Å²) in [7, 11) is 0. The van der Waals surface area contributed by atoms with Crippen molar-refractivity contribution in [3.63, 3.8) is 0 Å². The molecule has 0 saturated carbocycles. The molecule has 0 aliphatic heterocycles. The number of carboxylic acid groups (broad SMARTS) is 1. The highest BCUT2D eigenvalue weighted by Crippen LogP contribution is 2.21. The van der Waals surface area contributed by atoms with E-state index in [2.05, 4.69) is 31.3 Å². The zero-order chi connectivity index (χ0) is 13.1. The summed E-state index contributed by atoms with van der Waals surface area (Å²) in [5.41, 5.74) is 2.88. The van der Waals surface area contributed by atoms with E-state index in [4.69, 9.17) is 5.11 Å². The Morgan fingerprint density at radius 1 is 1.29 bits per heavy atom. The van der Waals surface area contributed by atoms with Gasteiger partial charge in [0, 0.05) is 12.2 Å². The van der Waals surface area contributed by atoms with Gasteiger partial charge in [0.15, 0.2) is 0 Å². The van der Waals surface area contributed by atoms with Crippen LogP contribution in [0.3, 0.4) is 0 Å². The first-order chi connectivity index (χ1) is 7.83. The van der Waals surface area contributed by atoms with Gasteiger partial charge < -0.3 is 10.4 Å². The predicted octanol–water partition coefficient (Wildman–Crippen LogP) is 3.22. The van der Waals surface area contributed by atoms with E-state index < -0.39 is 11.4 Å². The van der Waals surface area contributed by atoms with Gasteiger partial charge in [-0.1, -0.05) is 6.07 Å². The number of hydrogen-bond donors (Lipinski definition) is 2. The number of benzene rings is 1. The molecule has 0 amide bonds. The standard InChI is InChI=1S/C14H21NO2/c1-10-5-6-12(9-11(10)2)15-8-7-14(3,4)13(16)17/h5-6,9,15H,7-8H2,1-4H3,(H,16,17). The lowest BCUT2D eigenvalue weighted by Gasteiger charge is -2.19. The number of nitrogens with one attached hydrogen (secondary N) is 1. The second-order valence-corrected chi connectivity index (χ2v) is 5.16. The highest BCUT2D eigenvalue weighted by atomic mass is 16.4. The molecule has 17 heavy (non-hydrogen) atoms. The van der Waals surface area contributed by atoms with Crippen molar-refractivity contribution in [2.24, 2.45) is 5.41 Å². The Labute approximate surface area is 103 Å². The Morgan fingerprint density at radius 3 is 2.47 bits per heavy atom. The van der Waals surface area contributed by atoms with E-state index in [0.29, 0.717) is 13.0 Å². The third-order valence-corrected chi connectivity index (χ3v) is 3.16. The fraction of sp³-hybridized carbons (Fsp3) is 0.500. The topological polar surface area (TPSA) is 49.3 Å². The highest BCUT2D eigenvalue weighted by Gasteiger charge is 2.26. The number of aliphatic carboxylic acids is 1. The molecule has 0 fully saturated rings. The summed E-state index contributed by atoms with van der Waals surface area (Å²) in [5.74, 6) is -0.751. The molecule has 2 N–H and O–H groups in total. The summed E-state index contributed by atoms with van der Waals surface area (Å²) in [5, 5.41) is 12.3. The largest absolute Gasteiger partial charge is 0.481 e. The molecule has 3 heteroatoms. The number of rotatable bonds is 5. The molecule has 0 radical (unpaired) electrons. The Hall–Kier alpha value is -1.51. The molecule has 0 aromatic heterocycles. The van der Waals surface area contributed by atoms with Crippen LogP contribution in [0.15, 0.2) is 18.2 Å². The molecule has 0 aliphatic rings. The zero-order valence-electron chi connectivity index (χ0n) is 11.0. The third-order valence-electron chi connectivity index (χ3n) is 3.16. The van der Waals surface area contributed by atoms with Crippen LogP contribution in [0.2, 0.25) is 0 Å². The van der Waals surface area contributed by atoms with E-state index in [9.17, 15) is 4.79 Å². The van der Waals surface area contributed by atoms with Gasteiger partial charge in [0.05, 0.1) is 5.41 Å². The molecular weight excluding hydrogens is 214 g/mol. The maximum absolute atomic E-state index is 10.9. The average Bonchev–Trinajstić information content (AvgIpc) is 2.23. The molecular formula is C14H21NO2. The Kier molecular flexibility index (Phi) is 4.16.